The summed E-state index contributed by atoms with van der Waals surface area (Å²) < 4.78 is 1.76. The molecule has 94 valence electrons. The summed E-state index contributed by atoms with van der Waals surface area (Å²) in [6, 6.07) is 0.116. The Bertz CT molecular complexity index is 438. The van der Waals surface area contributed by atoms with Gasteiger partial charge in [0.1, 0.15) is 0 Å². The number of rotatable bonds is 1. The maximum absolute atomic E-state index is 12.4. The Morgan fingerprint density at radius 2 is 2.18 bits per heavy atom. The molecule has 1 aliphatic heterocycles. The zero-order valence-electron chi connectivity index (χ0n) is 10.7. The number of likely N-dealkylation sites (tertiary alicyclic amines) is 1. The summed E-state index contributed by atoms with van der Waals surface area (Å²) in [5.74, 6) is 0.0725. The van der Waals surface area contributed by atoms with Crippen LogP contribution >= 0.6 is 0 Å². The number of piperidine rings is 1. The number of nitrogens with zero attached hydrogens (tertiary/aromatic N) is 3. The van der Waals surface area contributed by atoms with Gasteiger partial charge in [0, 0.05) is 31.9 Å². The molecule has 0 aliphatic carbocycles. The van der Waals surface area contributed by atoms with Gasteiger partial charge in [-0.1, -0.05) is 0 Å². The van der Waals surface area contributed by atoms with Crippen LogP contribution in [-0.4, -0.2) is 39.7 Å². The molecule has 17 heavy (non-hydrogen) atoms. The van der Waals surface area contributed by atoms with Gasteiger partial charge in [0.2, 0.25) is 0 Å². The molecule has 0 saturated carbocycles. The second-order valence-electron chi connectivity index (χ2n) is 4.82. The van der Waals surface area contributed by atoms with Crippen molar-refractivity contribution >= 4 is 5.91 Å². The molecule has 1 aliphatic rings. The number of amides is 1. The Hall–Kier alpha value is -1.36. The largest absolute Gasteiger partial charge is 0.337 e. The molecule has 1 unspecified atom stereocenters. The standard InChI is InChI=1S/C12H20N4O/c1-8-11(9(2)15(3)14-8)12(17)16-6-4-5-10(13)7-16/h10H,4-7,13H2,1-3H3. The van der Waals surface area contributed by atoms with Crippen molar-refractivity contribution in [3.63, 3.8) is 0 Å². The molecule has 5 nitrogen and oxygen atoms in total. The number of hydrogen-bond donors (Lipinski definition) is 1. The van der Waals surface area contributed by atoms with Crippen LogP contribution in [0, 0.1) is 13.8 Å². The first-order valence-corrected chi connectivity index (χ1v) is 6.05. The first-order valence-electron chi connectivity index (χ1n) is 6.05. The zero-order chi connectivity index (χ0) is 12.6. The third kappa shape index (κ3) is 2.20. The number of carbonyl (C=O) groups excluding carboxylic acids is 1. The summed E-state index contributed by atoms with van der Waals surface area (Å²) >= 11 is 0. The molecule has 2 rings (SSSR count). The highest BCUT2D eigenvalue weighted by Gasteiger charge is 2.26. The Labute approximate surface area is 102 Å². The second-order valence-corrected chi connectivity index (χ2v) is 4.82. The highest BCUT2D eigenvalue weighted by atomic mass is 16.2. The average molecular weight is 236 g/mol. The highest BCUT2D eigenvalue weighted by molar-refractivity contribution is 5.96. The number of hydrogen-bond acceptors (Lipinski definition) is 3. The summed E-state index contributed by atoms with van der Waals surface area (Å²) in [6.07, 6.45) is 2.00. The van der Waals surface area contributed by atoms with E-state index in [0.29, 0.717) is 6.54 Å². The van der Waals surface area contributed by atoms with E-state index < -0.39 is 0 Å². The first kappa shape index (κ1) is 12.1. The van der Waals surface area contributed by atoms with Crippen molar-refractivity contribution in [3.8, 4) is 0 Å². The molecule has 2 N–H and O–H groups in total. The summed E-state index contributed by atoms with van der Waals surface area (Å²) in [5.41, 5.74) is 8.37. The predicted molar refractivity (Wildman–Crippen MR) is 65.8 cm³/mol. The second kappa shape index (κ2) is 4.49. The third-order valence-electron chi connectivity index (χ3n) is 3.47. The zero-order valence-corrected chi connectivity index (χ0v) is 10.7. The summed E-state index contributed by atoms with van der Waals surface area (Å²) in [5, 5.41) is 4.28. The van der Waals surface area contributed by atoms with Gasteiger partial charge in [-0.3, -0.25) is 9.48 Å². The van der Waals surface area contributed by atoms with E-state index in [9.17, 15) is 4.79 Å². The number of aromatic nitrogens is 2. The summed E-state index contributed by atoms with van der Waals surface area (Å²) in [4.78, 5) is 14.3. The first-order chi connectivity index (χ1) is 8.00. The minimum Gasteiger partial charge on any atom is -0.337 e. The molecular weight excluding hydrogens is 216 g/mol. The molecule has 1 atom stereocenters. The van der Waals surface area contributed by atoms with Gasteiger partial charge >= 0.3 is 0 Å². The molecule has 5 heteroatoms. The van der Waals surface area contributed by atoms with Crippen LogP contribution < -0.4 is 5.73 Å². The molecule has 2 heterocycles. The fraction of sp³-hybridized carbons (Fsp3) is 0.667. The number of carbonyl (C=O) groups is 1. The normalized spacial score (nSPS) is 20.7. The minimum absolute atomic E-state index is 0.0725. The Kier molecular flexibility index (Phi) is 3.19. The Morgan fingerprint density at radius 3 is 2.71 bits per heavy atom. The van der Waals surface area contributed by atoms with E-state index in [4.69, 9.17) is 5.73 Å². The van der Waals surface area contributed by atoms with Crippen molar-refractivity contribution in [3.05, 3.63) is 17.0 Å². The summed E-state index contributed by atoms with van der Waals surface area (Å²) in [6.45, 7) is 5.27. The van der Waals surface area contributed by atoms with Gasteiger partial charge in [-0.05, 0) is 26.7 Å². The van der Waals surface area contributed by atoms with E-state index in [-0.39, 0.29) is 11.9 Å². The van der Waals surface area contributed by atoms with E-state index in [1.165, 1.54) is 0 Å². The van der Waals surface area contributed by atoms with E-state index in [0.717, 1.165) is 36.3 Å². The van der Waals surface area contributed by atoms with Gasteiger partial charge < -0.3 is 10.6 Å². The fourth-order valence-corrected chi connectivity index (χ4v) is 2.44. The van der Waals surface area contributed by atoms with Gasteiger partial charge in [-0.2, -0.15) is 5.10 Å². The van der Waals surface area contributed by atoms with Crippen LogP contribution in [0.4, 0.5) is 0 Å². The van der Waals surface area contributed by atoms with E-state index in [2.05, 4.69) is 5.10 Å². The summed E-state index contributed by atoms with van der Waals surface area (Å²) in [7, 11) is 1.86. The van der Waals surface area contributed by atoms with E-state index in [1.54, 1.807) is 4.68 Å². The van der Waals surface area contributed by atoms with Crippen molar-refractivity contribution in [2.24, 2.45) is 12.8 Å². The topological polar surface area (TPSA) is 64.2 Å². The fourth-order valence-electron chi connectivity index (χ4n) is 2.44. The van der Waals surface area contributed by atoms with Gasteiger partial charge in [0.25, 0.3) is 5.91 Å². The molecule has 0 spiro atoms. The van der Waals surface area contributed by atoms with Crippen LogP contribution in [-0.2, 0) is 7.05 Å². The van der Waals surface area contributed by atoms with Gasteiger partial charge in [0.05, 0.1) is 11.3 Å². The lowest BCUT2D eigenvalue weighted by molar-refractivity contribution is 0.0707. The average Bonchev–Trinajstić information content (AvgIpc) is 2.52. The van der Waals surface area contributed by atoms with Crippen molar-refractivity contribution in [1.82, 2.24) is 14.7 Å². The lowest BCUT2D eigenvalue weighted by atomic mass is 10.0. The number of nitrogens with two attached hydrogens (primary N) is 1. The molecule has 1 aromatic rings. The smallest absolute Gasteiger partial charge is 0.257 e. The molecule has 1 saturated heterocycles. The number of aryl methyl sites for hydroxylation is 2. The SMILES string of the molecule is Cc1nn(C)c(C)c1C(=O)N1CCCC(N)C1. The quantitative estimate of drug-likeness (QED) is 0.776. The van der Waals surface area contributed by atoms with Gasteiger partial charge in [-0.25, -0.2) is 0 Å². The monoisotopic (exact) mass is 236 g/mol. The molecule has 1 aromatic heterocycles. The van der Waals surface area contributed by atoms with Gasteiger partial charge in [0.15, 0.2) is 0 Å². The van der Waals surface area contributed by atoms with Crippen LogP contribution in [0.3, 0.4) is 0 Å². The molecule has 0 bridgehead atoms. The molecule has 0 aromatic carbocycles. The molecule has 0 radical (unpaired) electrons. The minimum atomic E-state index is 0.0725. The maximum Gasteiger partial charge on any atom is 0.257 e. The van der Waals surface area contributed by atoms with E-state index in [1.807, 2.05) is 25.8 Å². The van der Waals surface area contributed by atoms with Crippen molar-refractivity contribution in [2.75, 3.05) is 13.1 Å². The van der Waals surface area contributed by atoms with Crippen LogP contribution in [0.25, 0.3) is 0 Å². The Morgan fingerprint density at radius 1 is 1.47 bits per heavy atom. The lowest BCUT2D eigenvalue weighted by Gasteiger charge is -2.30. The Balaban J connectivity index is 2.24. The van der Waals surface area contributed by atoms with E-state index >= 15 is 0 Å². The molecule has 1 amide bonds. The predicted octanol–water partition coefficient (Wildman–Crippen LogP) is 0.600. The molecule has 1 fully saturated rings. The maximum atomic E-state index is 12.4. The van der Waals surface area contributed by atoms with Gasteiger partial charge in [-0.15, -0.1) is 0 Å². The highest BCUT2D eigenvalue weighted by Crippen LogP contribution is 2.17. The lowest BCUT2D eigenvalue weighted by Crippen LogP contribution is -2.46. The van der Waals surface area contributed by atoms with Crippen LogP contribution in [0.15, 0.2) is 0 Å². The molecular formula is C12H20N4O. The van der Waals surface area contributed by atoms with Crippen LogP contribution in [0.1, 0.15) is 34.6 Å². The van der Waals surface area contributed by atoms with Crippen LogP contribution in [0.5, 0.6) is 0 Å². The van der Waals surface area contributed by atoms with Crippen LogP contribution in [0.2, 0.25) is 0 Å². The third-order valence-corrected chi connectivity index (χ3v) is 3.47. The van der Waals surface area contributed by atoms with Crippen molar-refractivity contribution in [2.45, 2.75) is 32.7 Å². The van der Waals surface area contributed by atoms with Crippen molar-refractivity contribution in [1.29, 1.82) is 0 Å². The van der Waals surface area contributed by atoms with Crippen molar-refractivity contribution < 1.29 is 4.79 Å².